The SMILES string of the molecule is O=C(O)CCc1ccc(OC[C@@H]2CO2)cc1. The van der Waals surface area contributed by atoms with Crippen molar-refractivity contribution in [2.45, 2.75) is 18.9 Å². The normalized spacial score (nSPS) is 18.1. The summed E-state index contributed by atoms with van der Waals surface area (Å²) in [6, 6.07) is 7.51. The van der Waals surface area contributed by atoms with Crippen molar-refractivity contribution in [3.05, 3.63) is 29.8 Å². The Labute approximate surface area is 93.8 Å². The van der Waals surface area contributed by atoms with E-state index in [0.717, 1.165) is 17.9 Å². The Morgan fingerprint density at radius 1 is 1.44 bits per heavy atom. The molecule has 1 heterocycles. The van der Waals surface area contributed by atoms with Crippen LogP contribution >= 0.6 is 0 Å². The zero-order chi connectivity index (χ0) is 11.4. The molecule has 1 fully saturated rings. The first kappa shape index (κ1) is 11.0. The molecule has 1 aliphatic rings. The van der Waals surface area contributed by atoms with E-state index in [2.05, 4.69) is 0 Å². The topological polar surface area (TPSA) is 59.1 Å². The Bertz CT molecular complexity index is 354. The Morgan fingerprint density at radius 3 is 2.69 bits per heavy atom. The molecule has 1 aliphatic heterocycles. The standard InChI is InChI=1S/C12H14O4/c13-12(14)6-3-9-1-4-10(5-2-9)15-7-11-8-16-11/h1-2,4-5,11H,3,6-8H2,(H,13,14)/t11-/m1/s1. The van der Waals surface area contributed by atoms with Gasteiger partial charge in [-0.05, 0) is 24.1 Å². The molecule has 0 amide bonds. The number of hydrogen-bond donors (Lipinski definition) is 1. The van der Waals surface area contributed by atoms with E-state index in [-0.39, 0.29) is 12.5 Å². The number of benzene rings is 1. The molecule has 0 spiro atoms. The minimum atomic E-state index is -0.772. The lowest BCUT2D eigenvalue weighted by Crippen LogP contribution is -2.04. The number of aliphatic carboxylic acids is 1. The largest absolute Gasteiger partial charge is 0.491 e. The van der Waals surface area contributed by atoms with E-state index < -0.39 is 5.97 Å². The van der Waals surface area contributed by atoms with Crippen LogP contribution in [0.1, 0.15) is 12.0 Å². The monoisotopic (exact) mass is 222 g/mol. The molecule has 4 heteroatoms. The van der Waals surface area contributed by atoms with Gasteiger partial charge in [0.05, 0.1) is 6.61 Å². The van der Waals surface area contributed by atoms with Crippen LogP contribution in [0.25, 0.3) is 0 Å². The quantitative estimate of drug-likeness (QED) is 0.741. The van der Waals surface area contributed by atoms with Crippen LogP contribution in [-0.2, 0) is 16.0 Å². The fraction of sp³-hybridized carbons (Fsp3) is 0.417. The molecule has 0 unspecified atom stereocenters. The second-order valence-corrected chi connectivity index (χ2v) is 3.80. The van der Waals surface area contributed by atoms with Crippen LogP contribution in [0.2, 0.25) is 0 Å². The summed E-state index contributed by atoms with van der Waals surface area (Å²) >= 11 is 0. The van der Waals surface area contributed by atoms with Crippen molar-refractivity contribution in [3.8, 4) is 5.75 Å². The second-order valence-electron chi connectivity index (χ2n) is 3.80. The van der Waals surface area contributed by atoms with E-state index in [0.29, 0.717) is 13.0 Å². The van der Waals surface area contributed by atoms with Gasteiger partial charge in [-0.15, -0.1) is 0 Å². The number of epoxide rings is 1. The van der Waals surface area contributed by atoms with Crippen molar-refractivity contribution in [3.63, 3.8) is 0 Å². The fourth-order valence-corrected chi connectivity index (χ4v) is 1.36. The van der Waals surface area contributed by atoms with Crippen LogP contribution < -0.4 is 4.74 Å². The molecule has 1 aromatic rings. The van der Waals surface area contributed by atoms with Gasteiger partial charge in [-0.1, -0.05) is 12.1 Å². The number of aryl methyl sites for hydroxylation is 1. The minimum absolute atomic E-state index is 0.163. The molecule has 0 aromatic heterocycles. The molecule has 1 atom stereocenters. The molecule has 86 valence electrons. The number of rotatable bonds is 6. The third kappa shape index (κ3) is 3.55. The van der Waals surface area contributed by atoms with Crippen molar-refractivity contribution in [2.24, 2.45) is 0 Å². The van der Waals surface area contributed by atoms with Crippen LogP contribution in [0, 0.1) is 0 Å². The van der Waals surface area contributed by atoms with Crippen molar-refractivity contribution in [2.75, 3.05) is 13.2 Å². The van der Waals surface area contributed by atoms with E-state index in [1.165, 1.54) is 0 Å². The summed E-state index contributed by atoms with van der Waals surface area (Å²) in [5.74, 6) is 0.0285. The maximum Gasteiger partial charge on any atom is 0.303 e. The molecular weight excluding hydrogens is 208 g/mol. The molecule has 2 rings (SSSR count). The maximum atomic E-state index is 10.4. The molecule has 0 aliphatic carbocycles. The fourth-order valence-electron chi connectivity index (χ4n) is 1.36. The molecule has 4 nitrogen and oxygen atoms in total. The number of carbonyl (C=O) groups is 1. The molecule has 1 aromatic carbocycles. The van der Waals surface area contributed by atoms with E-state index in [1.807, 2.05) is 24.3 Å². The average Bonchev–Trinajstić information content (AvgIpc) is 3.09. The van der Waals surface area contributed by atoms with E-state index in [4.69, 9.17) is 14.6 Å². The summed E-state index contributed by atoms with van der Waals surface area (Å²) in [6.07, 6.45) is 0.976. The van der Waals surface area contributed by atoms with Crippen molar-refractivity contribution in [1.82, 2.24) is 0 Å². The molecule has 1 saturated heterocycles. The minimum Gasteiger partial charge on any atom is -0.491 e. The second kappa shape index (κ2) is 4.99. The third-order valence-corrected chi connectivity index (χ3v) is 2.39. The summed E-state index contributed by atoms with van der Waals surface area (Å²) in [5.41, 5.74) is 1.01. The zero-order valence-electron chi connectivity index (χ0n) is 8.89. The predicted octanol–water partition coefficient (Wildman–Crippen LogP) is 1.48. The van der Waals surface area contributed by atoms with Gasteiger partial charge in [0.25, 0.3) is 0 Å². The molecule has 16 heavy (non-hydrogen) atoms. The van der Waals surface area contributed by atoms with Crippen LogP contribution in [0.4, 0.5) is 0 Å². The smallest absolute Gasteiger partial charge is 0.303 e. The maximum absolute atomic E-state index is 10.4. The van der Waals surface area contributed by atoms with Gasteiger partial charge in [-0.25, -0.2) is 0 Å². The lowest BCUT2D eigenvalue weighted by Gasteiger charge is -2.05. The molecule has 0 bridgehead atoms. The third-order valence-electron chi connectivity index (χ3n) is 2.39. The highest BCUT2D eigenvalue weighted by Gasteiger charge is 2.22. The van der Waals surface area contributed by atoms with Crippen LogP contribution in [0.3, 0.4) is 0 Å². The Morgan fingerprint density at radius 2 is 2.12 bits per heavy atom. The number of hydrogen-bond acceptors (Lipinski definition) is 3. The van der Waals surface area contributed by atoms with Gasteiger partial charge >= 0.3 is 5.97 Å². The first-order chi connectivity index (χ1) is 7.74. The van der Waals surface area contributed by atoms with E-state index in [1.54, 1.807) is 0 Å². The van der Waals surface area contributed by atoms with Crippen molar-refractivity contribution >= 4 is 5.97 Å². The number of ether oxygens (including phenoxy) is 2. The summed E-state index contributed by atoms with van der Waals surface area (Å²) < 4.78 is 10.5. The van der Waals surface area contributed by atoms with Crippen molar-refractivity contribution in [1.29, 1.82) is 0 Å². The Balaban J connectivity index is 1.80. The van der Waals surface area contributed by atoms with Gasteiger partial charge in [-0.2, -0.15) is 0 Å². The van der Waals surface area contributed by atoms with Crippen molar-refractivity contribution < 1.29 is 19.4 Å². The van der Waals surface area contributed by atoms with Crippen LogP contribution in [0.15, 0.2) is 24.3 Å². The first-order valence-corrected chi connectivity index (χ1v) is 5.29. The highest BCUT2D eigenvalue weighted by molar-refractivity contribution is 5.67. The summed E-state index contributed by atoms with van der Waals surface area (Å²) in [7, 11) is 0. The summed E-state index contributed by atoms with van der Waals surface area (Å²) in [5, 5.41) is 8.54. The average molecular weight is 222 g/mol. The van der Waals surface area contributed by atoms with Gasteiger partial charge in [0, 0.05) is 6.42 Å². The highest BCUT2D eigenvalue weighted by atomic mass is 16.6. The molecule has 0 saturated carbocycles. The summed E-state index contributed by atoms with van der Waals surface area (Å²) in [6.45, 7) is 1.38. The van der Waals surface area contributed by atoms with Crippen LogP contribution in [0.5, 0.6) is 5.75 Å². The molecule has 1 N–H and O–H groups in total. The van der Waals surface area contributed by atoms with Gasteiger partial charge in [0.2, 0.25) is 0 Å². The Kier molecular flexibility index (Phi) is 3.41. The number of carboxylic acids is 1. The first-order valence-electron chi connectivity index (χ1n) is 5.29. The lowest BCUT2D eigenvalue weighted by molar-refractivity contribution is -0.136. The van der Waals surface area contributed by atoms with Crippen LogP contribution in [-0.4, -0.2) is 30.4 Å². The van der Waals surface area contributed by atoms with Gasteiger partial charge in [0.15, 0.2) is 0 Å². The highest BCUT2D eigenvalue weighted by Crippen LogP contribution is 2.16. The molecule has 0 radical (unpaired) electrons. The van der Waals surface area contributed by atoms with Gasteiger partial charge in [-0.3, -0.25) is 4.79 Å². The summed E-state index contributed by atoms with van der Waals surface area (Å²) in [4.78, 5) is 10.4. The van der Waals surface area contributed by atoms with Gasteiger partial charge in [0.1, 0.15) is 18.5 Å². The number of carboxylic acid groups (broad SMARTS) is 1. The predicted molar refractivity (Wildman–Crippen MR) is 57.6 cm³/mol. The van der Waals surface area contributed by atoms with Gasteiger partial charge < -0.3 is 14.6 Å². The van der Waals surface area contributed by atoms with E-state index >= 15 is 0 Å². The molecular formula is C12H14O4. The lowest BCUT2D eigenvalue weighted by atomic mass is 10.1. The zero-order valence-corrected chi connectivity index (χ0v) is 8.89. The Hall–Kier alpha value is -1.55. The van der Waals surface area contributed by atoms with E-state index in [9.17, 15) is 4.79 Å².